The maximum absolute atomic E-state index is 6.30. The monoisotopic (exact) mass is 895 g/mol. The molecular formula is C64H98N2. The van der Waals surface area contributed by atoms with E-state index in [1.807, 2.05) is 0 Å². The van der Waals surface area contributed by atoms with E-state index >= 15 is 0 Å². The fourth-order valence-corrected chi connectivity index (χ4v) is 12.0. The van der Waals surface area contributed by atoms with Gasteiger partial charge in [-0.25, -0.2) is 0 Å². The second kappa shape index (κ2) is 30.1. The minimum atomic E-state index is 0.0432. The molecule has 0 spiro atoms. The van der Waals surface area contributed by atoms with Crippen molar-refractivity contribution in [1.82, 2.24) is 0 Å². The van der Waals surface area contributed by atoms with Crippen molar-refractivity contribution in [3.05, 3.63) is 129 Å². The zero-order chi connectivity index (χ0) is 46.8. The average Bonchev–Trinajstić information content (AvgIpc) is 3.32. The van der Waals surface area contributed by atoms with E-state index in [4.69, 9.17) is 11.5 Å². The third-order valence-electron chi connectivity index (χ3n) is 16.2. The molecule has 0 saturated heterocycles. The Bertz CT molecular complexity index is 1760. The molecule has 1 saturated carbocycles. The number of nitrogens with two attached hydrogens (primary N) is 2. The fraction of sp³-hybridized carbons (Fsp3) is 0.625. The summed E-state index contributed by atoms with van der Waals surface area (Å²) >= 11 is 0. The number of hydrogen-bond donors (Lipinski definition) is 2. The predicted octanol–water partition coefficient (Wildman–Crippen LogP) is 19.8. The van der Waals surface area contributed by atoms with E-state index in [9.17, 15) is 0 Å². The van der Waals surface area contributed by atoms with Crippen LogP contribution in [0.25, 0.3) is 0 Å². The Morgan fingerprint density at radius 3 is 1.11 bits per heavy atom. The molecule has 0 heterocycles. The first-order chi connectivity index (χ1) is 32.3. The highest BCUT2D eigenvalue weighted by atomic mass is 14.5. The molecule has 1 aliphatic rings. The van der Waals surface area contributed by atoms with Gasteiger partial charge in [0.25, 0.3) is 0 Å². The number of nitrogen functional groups attached to an aromatic ring is 2. The smallest absolute Gasteiger partial charge is 0.0316 e. The van der Waals surface area contributed by atoms with E-state index < -0.39 is 0 Å². The van der Waals surface area contributed by atoms with Crippen LogP contribution in [0.5, 0.6) is 0 Å². The van der Waals surface area contributed by atoms with Crippen LogP contribution in [0.2, 0.25) is 0 Å². The molecule has 4 N–H and O–H groups in total. The van der Waals surface area contributed by atoms with Gasteiger partial charge in [0.05, 0.1) is 0 Å². The summed E-state index contributed by atoms with van der Waals surface area (Å²) in [5.74, 6) is 1.64. The van der Waals surface area contributed by atoms with Crippen molar-refractivity contribution in [2.45, 2.75) is 251 Å². The summed E-state index contributed by atoms with van der Waals surface area (Å²) in [6.45, 7) is 11.5. The van der Waals surface area contributed by atoms with Crippen molar-refractivity contribution in [3.63, 3.8) is 0 Å². The Morgan fingerprint density at radius 2 is 0.758 bits per heavy atom. The molecule has 0 bridgehead atoms. The van der Waals surface area contributed by atoms with Crippen molar-refractivity contribution in [2.24, 2.45) is 5.92 Å². The maximum Gasteiger partial charge on any atom is 0.0316 e. The van der Waals surface area contributed by atoms with Crippen LogP contribution in [0.4, 0.5) is 11.4 Å². The molecule has 1 aliphatic carbocycles. The number of benzene rings is 4. The first-order valence-electron chi connectivity index (χ1n) is 28.2. The molecule has 2 nitrogen and oxygen atoms in total. The van der Waals surface area contributed by atoms with E-state index in [1.54, 1.807) is 0 Å². The van der Waals surface area contributed by atoms with Crippen LogP contribution in [0, 0.1) is 19.8 Å². The molecule has 0 aliphatic heterocycles. The molecule has 2 heteroatoms. The zero-order valence-corrected chi connectivity index (χ0v) is 43.4. The van der Waals surface area contributed by atoms with Gasteiger partial charge in [-0.15, -0.1) is 0 Å². The number of anilines is 2. The molecule has 1 fully saturated rings. The Morgan fingerprint density at radius 1 is 0.424 bits per heavy atom. The SMILES string of the molecule is CCCCCCCCCCCCC1CCC(c2ccc(C(CCCCCCCCC)c3ccc(N)cc3C)cc2)(c2ccc(C(CCCCCCCCC)c3ccc(N)cc3C)cc2)CC1. The van der Waals surface area contributed by atoms with Gasteiger partial charge in [-0.3, -0.25) is 0 Å². The first-order valence-corrected chi connectivity index (χ1v) is 28.2. The Kier molecular flexibility index (Phi) is 24.3. The summed E-state index contributed by atoms with van der Waals surface area (Å²) in [4.78, 5) is 0. The van der Waals surface area contributed by atoms with Crippen molar-refractivity contribution in [2.75, 3.05) is 11.5 Å². The van der Waals surface area contributed by atoms with Gasteiger partial charge in [0.2, 0.25) is 0 Å². The van der Waals surface area contributed by atoms with Crippen LogP contribution in [0.1, 0.15) is 276 Å². The van der Waals surface area contributed by atoms with Crippen LogP contribution in [-0.2, 0) is 5.41 Å². The number of hydrogen-bond acceptors (Lipinski definition) is 2. The van der Waals surface area contributed by atoms with Crippen molar-refractivity contribution >= 4 is 11.4 Å². The molecule has 0 amide bonds. The number of unbranched alkanes of at least 4 members (excludes halogenated alkanes) is 21. The van der Waals surface area contributed by atoms with E-state index in [-0.39, 0.29) is 5.41 Å². The van der Waals surface area contributed by atoms with Crippen LogP contribution in [-0.4, -0.2) is 0 Å². The molecule has 2 unspecified atom stereocenters. The van der Waals surface area contributed by atoms with Crippen LogP contribution >= 0.6 is 0 Å². The van der Waals surface area contributed by atoms with Gasteiger partial charge in [-0.1, -0.05) is 242 Å². The molecule has 2 atom stereocenters. The van der Waals surface area contributed by atoms with E-state index in [1.165, 1.54) is 244 Å². The minimum Gasteiger partial charge on any atom is -0.399 e. The zero-order valence-electron chi connectivity index (χ0n) is 43.4. The largest absolute Gasteiger partial charge is 0.399 e. The lowest BCUT2D eigenvalue weighted by atomic mass is 9.62. The van der Waals surface area contributed by atoms with Crippen molar-refractivity contribution in [1.29, 1.82) is 0 Å². The van der Waals surface area contributed by atoms with Crippen LogP contribution < -0.4 is 11.5 Å². The number of aryl methyl sites for hydroxylation is 2. The molecule has 364 valence electrons. The lowest BCUT2D eigenvalue weighted by Crippen LogP contribution is -2.33. The maximum atomic E-state index is 6.30. The molecule has 66 heavy (non-hydrogen) atoms. The summed E-state index contributed by atoms with van der Waals surface area (Å²) in [7, 11) is 0. The van der Waals surface area contributed by atoms with Crippen LogP contribution in [0.3, 0.4) is 0 Å². The standard InChI is InChI=1S/C64H98N2/c1-6-9-12-15-18-19-20-23-24-27-30-53-45-47-64(48-46-53,56-37-33-54(34-38-56)62(31-28-25-21-16-13-10-7-2)60-43-41-58(65)49-51(60)4)57-39-35-55(36-40-57)63(32-29-26-22-17-14-11-8-3)61-44-42-59(66)50-52(61)5/h33-44,49-50,53,62-63H,6-32,45-48,65-66H2,1-5H3. The molecule has 4 aromatic carbocycles. The molecular weight excluding hydrogens is 797 g/mol. The molecule has 0 aromatic heterocycles. The first kappa shape index (κ1) is 53.4. The highest BCUT2D eigenvalue weighted by Crippen LogP contribution is 2.49. The summed E-state index contributed by atoms with van der Waals surface area (Å²) < 4.78 is 0. The topological polar surface area (TPSA) is 52.0 Å². The lowest BCUT2D eigenvalue weighted by Gasteiger charge is -2.42. The third kappa shape index (κ3) is 16.9. The van der Waals surface area contributed by atoms with Crippen LogP contribution in [0.15, 0.2) is 84.9 Å². The summed E-state index contributed by atoms with van der Waals surface area (Å²) in [6, 6.07) is 33.5. The highest BCUT2D eigenvalue weighted by Gasteiger charge is 2.38. The lowest BCUT2D eigenvalue weighted by molar-refractivity contribution is 0.250. The second-order valence-corrected chi connectivity index (χ2v) is 21.4. The number of rotatable bonds is 33. The third-order valence-corrected chi connectivity index (χ3v) is 16.2. The quantitative estimate of drug-likeness (QED) is 0.0370. The van der Waals surface area contributed by atoms with E-state index in [0.717, 1.165) is 17.3 Å². The van der Waals surface area contributed by atoms with Gasteiger partial charge >= 0.3 is 0 Å². The minimum absolute atomic E-state index is 0.0432. The van der Waals surface area contributed by atoms with E-state index in [0.29, 0.717) is 11.8 Å². The Labute approximate surface area is 407 Å². The summed E-state index contributed by atoms with van der Waals surface area (Å²) in [5, 5.41) is 0. The molecule has 4 aromatic rings. The molecule has 5 rings (SSSR count). The average molecular weight is 896 g/mol. The second-order valence-electron chi connectivity index (χ2n) is 21.4. The van der Waals surface area contributed by atoms with Crippen molar-refractivity contribution in [3.8, 4) is 0 Å². The van der Waals surface area contributed by atoms with Gasteiger partial charge < -0.3 is 11.5 Å². The highest BCUT2D eigenvalue weighted by molar-refractivity contribution is 5.51. The van der Waals surface area contributed by atoms with E-state index in [2.05, 4.69) is 120 Å². The van der Waals surface area contributed by atoms with Gasteiger partial charge in [0.15, 0.2) is 0 Å². The predicted molar refractivity (Wildman–Crippen MR) is 292 cm³/mol. The Balaban J connectivity index is 1.36. The fourth-order valence-electron chi connectivity index (χ4n) is 12.0. The van der Waals surface area contributed by atoms with Gasteiger partial charge in [-0.2, -0.15) is 0 Å². The normalized spacial score (nSPS) is 17.3. The summed E-state index contributed by atoms with van der Waals surface area (Å²) in [5.41, 5.74) is 25.9. The van der Waals surface area contributed by atoms with Crippen molar-refractivity contribution < 1.29 is 0 Å². The van der Waals surface area contributed by atoms with Gasteiger partial charge in [0, 0.05) is 28.6 Å². The Hall–Kier alpha value is -3.52. The van der Waals surface area contributed by atoms with Gasteiger partial charge in [0.1, 0.15) is 0 Å². The van der Waals surface area contributed by atoms with Gasteiger partial charge in [-0.05, 0) is 127 Å². The molecule has 0 radical (unpaired) electrons. The summed E-state index contributed by atoms with van der Waals surface area (Å²) in [6.07, 6.45) is 41.9.